The number of unbranched alkanes of at least 4 members (excludes halogenated alkanes) is 2. The quantitative estimate of drug-likeness (QED) is 0.183. The zero-order valence-corrected chi connectivity index (χ0v) is 18.9. The van der Waals surface area contributed by atoms with Crippen LogP contribution >= 0.6 is 0 Å². The summed E-state index contributed by atoms with van der Waals surface area (Å²) in [5.41, 5.74) is 5.11. The summed E-state index contributed by atoms with van der Waals surface area (Å²) in [6, 6.07) is 9.01. The van der Waals surface area contributed by atoms with Gasteiger partial charge in [-0.2, -0.15) is 0 Å². The van der Waals surface area contributed by atoms with Crippen LogP contribution in [0.4, 0.5) is 0 Å². The van der Waals surface area contributed by atoms with Crippen LogP contribution in [0.1, 0.15) is 69.9 Å². The van der Waals surface area contributed by atoms with E-state index in [1.54, 1.807) is 0 Å². The molecule has 0 saturated heterocycles. The monoisotopic (exact) mass is 389 g/mol. The normalized spacial score (nSPS) is 14.3. The van der Waals surface area contributed by atoms with Crippen molar-refractivity contribution in [2.75, 3.05) is 6.54 Å². The van der Waals surface area contributed by atoms with E-state index in [4.69, 9.17) is 0 Å². The largest absolute Gasteiger partial charge is 0.293 e. The molecule has 1 rings (SSSR count). The second-order valence-electron chi connectivity index (χ2n) is 7.42. The molecule has 0 bridgehead atoms. The molecule has 0 radical (unpaired) electrons. The van der Waals surface area contributed by atoms with Crippen LogP contribution in [-0.2, 0) is 0 Å². The molecule has 0 N–H and O–H groups in total. The van der Waals surface area contributed by atoms with Crippen molar-refractivity contribution in [3.63, 3.8) is 0 Å². The summed E-state index contributed by atoms with van der Waals surface area (Å²) in [5.74, 6) is 0.396. The Bertz CT molecular complexity index is 726. The Morgan fingerprint density at radius 1 is 1.03 bits per heavy atom. The topological polar surface area (TPSA) is 12.4 Å². The summed E-state index contributed by atoms with van der Waals surface area (Å²) in [6.07, 6.45) is 22.7. The fourth-order valence-corrected chi connectivity index (χ4v) is 3.19. The molecule has 0 saturated carbocycles. The first-order chi connectivity index (χ1) is 14.2. The van der Waals surface area contributed by atoms with Crippen LogP contribution in [-0.4, -0.2) is 12.8 Å². The number of hydrogen-bond acceptors (Lipinski definition) is 1. The van der Waals surface area contributed by atoms with Gasteiger partial charge in [0.1, 0.15) is 0 Å². The zero-order chi connectivity index (χ0) is 21.3. The van der Waals surface area contributed by atoms with Crippen LogP contribution in [0.3, 0.4) is 0 Å². The predicted molar refractivity (Wildman–Crippen MR) is 132 cm³/mol. The fraction of sp³-hybridized carbons (Fsp3) is 0.393. The van der Waals surface area contributed by atoms with E-state index in [-0.39, 0.29) is 0 Å². The molecule has 0 heterocycles. The Morgan fingerprint density at radius 2 is 1.79 bits per heavy atom. The standard InChI is InChI=1S/C28H39N/c1-6-10-12-15-28(27-19-16-24(5)17-20-27)26(14-11-7-2)21-18-25(13-8-3)23-29-22-9-4/h7-8,11,13-14,16-21,23,28H,3,6,9-10,12,15,22H2,1-2,4-5H3/b11-7+,21-18+,25-13-,26-14+,29-23-. The lowest BCUT2D eigenvalue weighted by Gasteiger charge is -2.19. The molecule has 1 unspecified atom stereocenters. The van der Waals surface area contributed by atoms with E-state index in [1.807, 2.05) is 18.4 Å². The van der Waals surface area contributed by atoms with Gasteiger partial charge in [0.05, 0.1) is 0 Å². The Kier molecular flexibility index (Phi) is 13.2. The molecular formula is C28H39N. The van der Waals surface area contributed by atoms with E-state index in [9.17, 15) is 0 Å². The Labute approximate surface area is 179 Å². The van der Waals surface area contributed by atoms with Crippen LogP contribution in [0.2, 0.25) is 0 Å². The Balaban J connectivity index is 3.24. The molecule has 1 aromatic carbocycles. The third-order valence-electron chi connectivity index (χ3n) is 4.83. The van der Waals surface area contributed by atoms with Crippen molar-refractivity contribution in [3.8, 4) is 0 Å². The number of rotatable bonds is 13. The minimum absolute atomic E-state index is 0.396. The minimum atomic E-state index is 0.396. The molecule has 0 aliphatic carbocycles. The average Bonchev–Trinajstić information content (AvgIpc) is 2.73. The molecule has 1 atom stereocenters. The van der Waals surface area contributed by atoms with Gasteiger partial charge in [0, 0.05) is 18.7 Å². The number of benzene rings is 1. The van der Waals surface area contributed by atoms with Crippen molar-refractivity contribution in [2.24, 2.45) is 4.99 Å². The summed E-state index contributed by atoms with van der Waals surface area (Å²) in [7, 11) is 0. The van der Waals surface area contributed by atoms with Gasteiger partial charge >= 0.3 is 0 Å². The van der Waals surface area contributed by atoms with Gasteiger partial charge in [-0.3, -0.25) is 4.99 Å². The highest BCUT2D eigenvalue weighted by atomic mass is 14.7. The van der Waals surface area contributed by atoms with Crippen molar-refractivity contribution >= 4 is 6.21 Å². The van der Waals surface area contributed by atoms with Crippen LogP contribution < -0.4 is 0 Å². The average molecular weight is 390 g/mol. The van der Waals surface area contributed by atoms with Crippen LogP contribution in [0, 0.1) is 6.92 Å². The maximum Gasteiger partial charge on any atom is 0.0386 e. The minimum Gasteiger partial charge on any atom is -0.293 e. The summed E-state index contributed by atoms with van der Waals surface area (Å²) in [4.78, 5) is 4.50. The molecule has 1 heteroatoms. The maximum atomic E-state index is 4.50. The number of aliphatic imine (C=N–C) groups is 1. The summed E-state index contributed by atoms with van der Waals surface area (Å²) < 4.78 is 0. The third kappa shape index (κ3) is 10.1. The lowest BCUT2D eigenvalue weighted by molar-refractivity contribution is 0.618. The van der Waals surface area contributed by atoms with Gasteiger partial charge in [-0.1, -0.05) is 112 Å². The zero-order valence-electron chi connectivity index (χ0n) is 18.9. The van der Waals surface area contributed by atoms with Crippen molar-refractivity contribution in [2.45, 2.75) is 65.7 Å². The van der Waals surface area contributed by atoms with Crippen LogP contribution in [0.15, 0.2) is 89.5 Å². The summed E-state index contributed by atoms with van der Waals surface area (Å²) in [5, 5.41) is 0. The van der Waals surface area contributed by atoms with Gasteiger partial charge in [-0.05, 0) is 43.4 Å². The fourth-order valence-electron chi connectivity index (χ4n) is 3.19. The number of hydrogen-bond donors (Lipinski definition) is 0. The van der Waals surface area contributed by atoms with Gasteiger partial charge < -0.3 is 0 Å². The SMILES string of the molecule is C=C/C=C(\C=N/CCC)/C=C/C(=C\C=C\C)C(CCCCC)c1ccc(C)cc1. The molecule has 0 aliphatic heterocycles. The lowest BCUT2D eigenvalue weighted by atomic mass is 9.85. The number of nitrogens with zero attached hydrogens (tertiary/aromatic N) is 1. The Hall–Kier alpha value is -2.41. The molecule has 0 fully saturated rings. The summed E-state index contributed by atoms with van der Waals surface area (Å²) >= 11 is 0. The number of allylic oxidation sites excluding steroid dienone is 9. The molecule has 0 spiro atoms. The van der Waals surface area contributed by atoms with Crippen LogP contribution in [0.25, 0.3) is 0 Å². The maximum absolute atomic E-state index is 4.50. The predicted octanol–water partition coefficient (Wildman–Crippen LogP) is 8.31. The van der Waals surface area contributed by atoms with Gasteiger partial charge in [-0.15, -0.1) is 0 Å². The second kappa shape index (κ2) is 15.5. The molecule has 0 aromatic heterocycles. The molecule has 1 nitrogen and oxygen atoms in total. The first-order valence-electron chi connectivity index (χ1n) is 11.1. The first kappa shape index (κ1) is 24.6. The smallest absolute Gasteiger partial charge is 0.0386 e. The highest BCUT2D eigenvalue weighted by Gasteiger charge is 2.14. The van der Waals surface area contributed by atoms with Gasteiger partial charge in [0.25, 0.3) is 0 Å². The van der Waals surface area contributed by atoms with Gasteiger partial charge in [0.15, 0.2) is 0 Å². The van der Waals surface area contributed by atoms with E-state index < -0.39 is 0 Å². The van der Waals surface area contributed by atoms with Crippen LogP contribution in [0.5, 0.6) is 0 Å². The highest BCUT2D eigenvalue weighted by molar-refractivity contribution is 5.83. The molecule has 156 valence electrons. The Morgan fingerprint density at radius 3 is 2.41 bits per heavy atom. The van der Waals surface area contributed by atoms with E-state index in [0.717, 1.165) is 25.0 Å². The first-order valence-corrected chi connectivity index (χ1v) is 11.1. The van der Waals surface area contributed by atoms with Crippen molar-refractivity contribution in [1.29, 1.82) is 0 Å². The molecule has 0 amide bonds. The second-order valence-corrected chi connectivity index (χ2v) is 7.42. The molecule has 1 aromatic rings. The van der Waals surface area contributed by atoms with E-state index >= 15 is 0 Å². The van der Waals surface area contributed by atoms with E-state index in [2.05, 4.69) is 93.9 Å². The van der Waals surface area contributed by atoms with Crippen molar-refractivity contribution in [1.82, 2.24) is 0 Å². The lowest BCUT2D eigenvalue weighted by Crippen LogP contribution is -2.02. The van der Waals surface area contributed by atoms with E-state index in [0.29, 0.717) is 5.92 Å². The summed E-state index contributed by atoms with van der Waals surface area (Å²) in [6.45, 7) is 13.3. The van der Waals surface area contributed by atoms with Crippen molar-refractivity contribution in [3.05, 3.63) is 95.6 Å². The number of aryl methyl sites for hydroxylation is 1. The molecule has 0 aliphatic rings. The van der Waals surface area contributed by atoms with Crippen molar-refractivity contribution < 1.29 is 0 Å². The van der Waals surface area contributed by atoms with Gasteiger partial charge in [-0.25, -0.2) is 0 Å². The van der Waals surface area contributed by atoms with Gasteiger partial charge in [0.2, 0.25) is 0 Å². The highest BCUT2D eigenvalue weighted by Crippen LogP contribution is 2.31. The molecular weight excluding hydrogens is 350 g/mol. The third-order valence-corrected chi connectivity index (χ3v) is 4.83. The molecule has 29 heavy (non-hydrogen) atoms. The van der Waals surface area contributed by atoms with E-state index in [1.165, 1.54) is 36.0 Å².